The van der Waals surface area contributed by atoms with Crippen molar-refractivity contribution in [2.24, 2.45) is 5.41 Å². The van der Waals surface area contributed by atoms with Crippen molar-refractivity contribution in [3.05, 3.63) is 79.5 Å². The van der Waals surface area contributed by atoms with Crippen molar-refractivity contribution >= 4 is 33.5 Å². The number of anilines is 1. The highest BCUT2D eigenvalue weighted by molar-refractivity contribution is 6.01. The number of pyridine rings is 3. The van der Waals surface area contributed by atoms with Gasteiger partial charge >= 0.3 is 0 Å². The van der Waals surface area contributed by atoms with Crippen LogP contribution in [-0.2, 0) is 4.79 Å². The summed E-state index contributed by atoms with van der Waals surface area (Å²) >= 11 is 0. The van der Waals surface area contributed by atoms with E-state index >= 15 is 0 Å². The molecule has 0 atom stereocenters. The Bertz CT molecular complexity index is 1760. The zero-order chi connectivity index (χ0) is 25.6. The first-order chi connectivity index (χ1) is 17.9. The molecule has 0 spiro atoms. The Kier molecular flexibility index (Phi) is 5.30. The first-order valence-electron chi connectivity index (χ1n) is 12.0. The molecule has 6 rings (SSSR count). The van der Waals surface area contributed by atoms with E-state index in [2.05, 4.69) is 53.6 Å². The number of H-pyrrole nitrogens is 2. The summed E-state index contributed by atoms with van der Waals surface area (Å²) in [5.41, 5.74) is 7.50. The molecule has 1 amide bonds. The molecule has 0 aliphatic heterocycles. The van der Waals surface area contributed by atoms with Gasteiger partial charge in [-0.2, -0.15) is 5.10 Å². The Morgan fingerprint density at radius 3 is 2.49 bits per heavy atom. The van der Waals surface area contributed by atoms with Gasteiger partial charge in [0.05, 0.1) is 17.6 Å². The molecule has 0 aliphatic carbocycles. The van der Waals surface area contributed by atoms with Crippen molar-refractivity contribution in [3.63, 3.8) is 0 Å². The normalized spacial score (nSPS) is 11.8. The van der Waals surface area contributed by atoms with Crippen molar-refractivity contribution in [2.45, 2.75) is 20.8 Å². The van der Waals surface area contributed by atoms with Crippen LogP contribution in [0, 0.1) is 5.41 Å². The highest BCUT2D eigenvalue weighted by atomic mass is 16.2. The summed E-state index contributed by atoms with van der Waals surface area (Å²) in [7, 11) is 0. The number of fused-ring (bicyclic) bond motifs is 2. The summed E-state index contributed by atoms with van der Waals surface area (Å²) in [6, 6.07) is 16.3. The van der Waals surface area contributed by atoms with Crippen molar-refractivity contribution < 1.29 is 4.79 Å². The van der Waals surface area contributed by atoms with Crippen LogP contribution in [0.2, 0.25) is 0 Å². The Balaban J connectivity index is 1.40. The third-order valence-corrected chi connectivity index (χ3v) is 6.34. The quantitative estimate of drug-likeness (QED) is 0.273. The maximum Gasteiger partial charge on any atom is 0.229 e. The van der Waals surface area contributed by atoms with Gasteiger partial charge in [0.1, 0.15) is 5.69 Å². The molecule has 5 aromatic heterocycles. The lowest BCUT2D eigenvalue weighted by molar-refractivity contribution is -0.123. The number of rotatable bonds is 4. The number of benzene rings is 1. The van der Waals surface area contributed by atoms with Crippen LogP contribution in [0.3, 0.4) is 0 Å². The minimum atomic E-state index is -0.501. The van der Waals surface area contributed by atoms with Gasteiger partial charge in [0.15, 0.2) is 5.65 Å². The van der Waals surface area contributed by atoms with Crippen LogP contribution in [-0.4, -0.2) is 36.0 Å². The van der Waals surface area contributed by atoms with Gasteiger partial charge in [0.2, 0.25) is 5.91 Å². The van der Waals surface area contributed by atoms with Gasteiger partial charge < -0.3 is 10.3 Å². The molecule has 0 aliphatic rings. The third-order valence-electron chi connectivity index (χ3n) is 6.34. The third kappa shape index (κ3) is 4.23. The number of carbonyl (C=O) groups excluding carboxylic acids is 1. The zero-order valence-electron chi connectivity index (χ0n) is 20.7. The van der Waals surface area contributed by atoms with Crippen LogP contribution in [0.25, 0.3) is 55.6 Å². The number of aromatic amines is 2. The molecule has 37 heavy (non-hydrogen) atoms. The highest BCUT2D eigenvalue weighted by Gasteiger charge is 2.21. The second-order valence-electron chi connectivity index (χ2n) is 10.0. The smallest absolute Gasteiger partial charge is 0.229 e. The first kappa shape index (κ1) is 22.6. The van der Waals surface area contributed by atoms with E-state index < -0.39 is 5.41 Å². The molecular formula is C29H25N7O. The molecule has 5 heterocycles. The van der Waals surface area contributed by atoms with Crippen LogP contribution in [0.5, 0.6) is 0 Å². The number of carbonyl (C=O) groups is 1. The van der Waals surface area contributed by atoms with Crippen LogP contribution in [0.1, 0.15) is 20.8 Å². The molecule has 0 fully saturated rings. The lowest BCUT2D eigenvalue weighted by Gasteiger charge is -2.17. The first-order valence-corrected chi connectivity index (χ1v) is 12.0. The van der Waals surface area contributed by atoms with Gasteiger partial charge in [-0.15, -0.1) is 0 Å². The molecule has 182 valence electrons. The predicted octanol–water partition coefficient (Wildman–Crippen LogP) is 6.21. The van der Waals surface area contributed by atoms with Gasteiger partial charge in [-0.05, 0) is 47.5 Å². The summed E-state index contributed by atoms with van der Waals surface area (Å²) in [6.45, 7) is 5.63. The summed E-state index contributed by atoms with van der Waals surface area (Å²) in [5, 5.41) is 12.6. The number of hydrogen-bond donors (Lipinski definition) is 3. The van der Waals surface area contributed by atoms with Crippen molar-refractivity contribution in [3.8, 4) is 33.6 Å². The fourth-order valence-corrected chi connectivity index (χ4v) is 4.32. The lowest BCUT2D eigenvalue weighted by atomic mass is 9.95. The fourth-order valence-electron chi connectivity index (χ4n) is 4.32. The largest absolute Gasteiger partial charge is 0.353 e. The number of nitrogens with one attached hydrogen (secondary N) is 3. The Morgan fingerprint density at radius 2 is 1.68 bits per heavy atom. The zero-order valence-corrected chi connectivity index (χ0v) is 20.7. The SMILES string of the molecule is CC(C)(C)C(=O)Nc1cncc(-c2cnc3[nH]nc(-c4cc5c(-c6ccncc6)cccc5[nH]4)c3c2)c1. The van der Waals surface area contributed by atoms with Gasteiger partial charge in [-0.25, -0.2) is 4.98 Å². The molecule has 3 N–H and O–H groups in total. The van der Waals surface area contributed by atoms with Gasteiger partial charge in [-0.3, -0.25) is 19.9 Å². The number of aromatic nitrogens is 6. The predicted molar refractivity (Wildman–Crippen MR) is 146 cm³/mol. The lowest BCUT2D eigenvalue weighted by Crippen LogP contribution is -2.27. The fraction of sp³-hybridized carbons (Fsp3) is 0.138. The summed E-state index contributed by atoms with van der Waals surface area (Å²) < 4.78 is 0. The number of amides is 1. The monoisotopic (exact) mass is 487 g/mol. The molecule has 1 aromatic carbocycles. The van der Waals surface area contributed by atoms with Crippen LogP contribution < -0.4 is 5.32 Å². The van der Waals surface area contributed by atoms with Crippen LogP contribution in [0.15, 0.2) is 79.5 Å². The molecular weight excluding hydrogens is 462 g/mol. The van der Waals surface area contributed by atoms with Gasteiger partial charge in [-0.1, -0.05) is 32.9 Å². The summed E-state index contributed by atoms with van der Waals surface area (Å²) in [6.07, 6.45) is 8.79. The average molecular weight is 488 g/mol. The van der Waals surface area contributed by atoms with E-state index in [9.17, 15) is 4.79 Å². The van der Waals surface area contributed by atoms with E-state index in [4.69, 9.17) is 0 Å². The van der Waals surface area contributed by atoms with Crippen LogP contribution in [0.4, 0.5) is 5.69 Å². The minimum Gasteiger partial charge on any atom is -0.353 e. The summed E-state index contributed by atoms with van der Waals surface area (Å²) in [5.74, 6) is -0.0675. The Labute approximate surface area is 213 Å². The maximum absolute atomic E-state index is 12.4. The van der Waals surface area contributed by atoms with Gasteiger partial charge in [0, 0.05) is 57.6 Å². The number of hydrogen-bond acceptors (Lipinski definition) is 5. The van der Waals surface area contributed by atoms with Crippen molar-refractivity contribution in [1.29, 1.82) is 0 Å². The average Bonchev–Trinajstić information content (AvgIpc) is 3.52. The minimum absolute atomic E-state index is 0.0675. The standard InChI is InChI=1S/C29H25N7O/c1-29(2,3)28(37)33-20-11-18(14-31-16-20)19-12-23-26(35-36-27(23)32-15-19)25-13-22-21(5-4-6-24(22)34-25)17-7-9-30-10-8-17/h4-16,34H,1-3H3,(H,33,37)(H,32,35,36). The highest BCUT2D eigenvalue weighted by Crippen LogP contribution is 2.34. The van der Waals surface area contributed by atoms with E-state index in [1.165, 1.54) is 0 Å². The number of nitrogens with zero attached hydrogens (tertiary/aromatic N) is 4. The summed E-state index contributed by atoms with van der Waals surface area (Å²) in [4.78, 5) is 29.0. The van der Waals surface area contributed by atoms with E-state index in [1.807, 2.05) is 51.1 Å². The molecule has 0 bridgehead atoms. The molecule has 8 nitrogen and oxygen atoms in total. The van der Waals surface area contributed by atoms with E-state index in [1.54, 1.807) is 31.0 Å². The van der Waals surface area contributed by atoms with Crippen molar-refractivity contribution in [2.75, 3.05) is 5.32 Å². The van der Waals surface area contributed by atoms with E-state index in [0.29, 0.717) is 11.3 Å². The molecule has 0 saturated carbocycles. The molecule has 8 heteroatoms. The molecule has 0 unspecified atom stereocenters. The van der Waals surface area contributed by atoms with Crippen molar-refractivity contribution in [1.82, 2.24) is 30.1 Å². The molecule has 0 saturated heterocycles. The maximum atomic E-state index is 12.4. The second kappa shape index (κ2) is 8.67. The van der Waals surface area contributed by atoms with Gasteiger partial charge in [0.25, 0.3) is 0 Å². The van der Waals surface area contributed by atoms with E-state index in [-0.39, 0.29) is 5.91 Å². The Morgan fingerprint density at radius 1 is 0.865 bits per heavy atom. The molecule has 0 radical (unpaired) electrons. The van der Waals surface area contributed by atoms with Crippen LogP contribution >= 0.6 is 0 Å². The van der Waals surface area contributed by atoms with E-state index in [0.717, 1.165) is 49.9 Å². The topological polar surface area (TPSA) is 112 Å². The molecule has 6 aromatic rings. The second-order valence-corrected chi connectivity index (χ2v) is 10.0. The Hall–Kier alpha value is -4.85.